The highest BCUT2D eigenvalue weighted by Crippen LogP contribution is 2.34. The van der Waals surface area contributed by atoms with E-state index in [0.29, 0.717) is 24.3 Å². The largest absolute Gasteiger partial charge is 0.490 e. The number of halogens is 3. The van der Waals surface area contributed by atoms with E-state index in [2.05, 4.69) is 41.0 Å². The van der Waals surface area contributed by atoms with Gasteiger partial charge in [-0.15, -0.1) is 0 Å². The lowest BCUT2D eigenvalue weighted by atomic mass is 9.86. The molecule has 3 atom stereocenters. The zero-order valence-electron chi connectivity index (χ0n) is 22.0. The van der Waals surface area contributed by atoms with Crippen molar-refractivity contribution in [2.24, 2.45) is 0 Å². The fourth-order valence-corrected chi connectivity index (χ4v) is 6.16. The molecule has 2 aromatic rings. The van der Waals surface area contributed by atoms with Gasteiger partial charge in [0.05, 0.1) is 29.9 Å². The first-order valence-corrected chi connectivity index (χ1v) is 13.3. The van der Waals surface area contributed by atoms with Gasteiger partial charge in [-0.1, -0.05) is 12.1 Å². The number of esters is 1. The third kappa shape index (κ3) is 5.70. The second kappa shape index (κ2) is 11.2. The molecule has 4 aliphatic rings. The molecule has 3 heterocycles. The minimum atomic E-state index is -5.08. The number of nitriles is 1. The molecule has 0 aromatic heterocycles. The van der Waals surface area contributed by atoms with Crippen molar-refractivity contribution in [3.05, 3.63) is 69.3 Å². The van der Waals surface area contributed by atoms with E-state index in [-0.39, 0.29) is 12.1 Å². The van der Waals surface area contributed by atoms with Crippen molar-refractivity contribution in [3.63, 3.8) is 0 Å². The number of aliphatic carboxylic acids is 1. The molecular formula is C29H30F3N3O5. The number of ether oxygens (including phenoxy) is 2. The number of hydrogen-bond acceptors (Lipinski definition) is 7. The first-order valence-electron chi connectivity index (χ1n) is 13.3. The second-order valence-corrected chi connectivity index (χ2v) is 10.6. The summed E-state index contributed by atoms with van der Waals surface area (Å²) < 4.78 is 43.4. The first kappa shape index (κ1) is 28.1. The van der Waals surface area contributed by atoms with E-state index in [4.69, 9.17) is 24.6 Å². The number of aryl methyl sites for hydroxylation is 1. The third-order valence-corrected chi connectivity index (χ3v) is 8.38. The summed E-state index contributed by atoms with van der Waals surface area (Å²) in [7, 11) is 0. The standard InChI is InChI=1S/C27H29N3O3.C2HF3O2/c1-17-23(6-7-24-25(17)16-33-27(24)31)26-14-30-9-8-29(13-22(30)15-32-26)21-5-4-19-10-18(12-28)2-3-20(19)11-21;3-2(4,5)1(6)7/h2-3,6-7,10,21-22,26H,4-5,8-9,11,13-16H2,1H3;(H,6,7)/t21?,22-,26-;/m0./s1. The molecule has 0 radical (unpaired) electrons. The van der Waals surface area contributed by atoms with Gasteiger partial charge in [0.25, 0.3) is 0 Å². The van der Waals surface area contributed by atoms with E-state index >= 15 is 0 Å². The van der Waals surface area contributed by atoms with Crippen LogP contribution in [0.5, 0.6) is 0 Å². The summed E-state index contributed by atoms with van der Waals surface area (Å²) in [5.74, 6) is -2.97. The van der Waals surface area contributed by atoms with Crippen molar-refractivity contribution in [2.45, 2.75) is 57.2 Å². The Morgan fingerprint density at radius 2 is 1.82 bits per heavy atom. The highest BCUT2D eigenvalue weighted by molar-refractivity contribution is 5.94. The van der Waals surface area contributed by atoms with E-state index in [0.717, 1.165) is 68.7 Å². The van der Waals surface area contributed by atoms with Crippen molar-refractivity contribution >= 4 is 11.9 Å². The molecule has 6 rings (SSSR count). The molecule has 11 heteroatoms. The molecule has 40 heavy (non-hydrogen) atoms. The number of benzene rings is 2. The highest BCUT2D eigenvalue weighted by atomic mass is 19.4. The Morgan fingerprint density at radius 3 is 2.52 bits per heavy atom. The Morgan fingerprint density at radius 1 is 1.10 bits per heavy atom. The Hall–Kier alpha value is -3.46. The van der Waals surface area contributed by atoms with E-state index in [1.54, 1.807) is 0 Å². The molecular weight excluding hydrogens is 527 g/mol. The van der Waals surface area contributed by atoms with Gasteiger partial charge in [0.1, 0.15) is 6.61 Å². The monoisotopic (exact) mass is 557 g/mol. The van der Waals surface area contributed by atoms with Gasteiger partial charge in [-0.2, -0.15) is 18.4 Å². The fraction of sp³-hybridized carbons (Fsp3) is 0.483. The van der Waals surface area contributed by atoms with E-state index < -0.39 is 12.1 Å². The maximum absolute atomic E-state index is 11.9. The number of cyclic esters (lactones) is 1. The maximum Gasteiger partial charge on any atom is 0.490 e. The SMILES string of the molecule is Cc1c([C@@H]2CN3CCN(C4CCc5cc(C#N)ccc5C4)C[C@H]3CO2)ccc2c1COC2=O.O=C(O)C(F)(F)F. The molecule has 3 aliphatic heterocycles. The minimum absolute atomic E-state index is 0.0460. The summed E-state index contributed by atoms with van der Waals surface area (Å²) in [6, 6.07) is 13.4. The van der Waals surface area contributed by atoms with E-state index in [1.165, 1.54) is 16.7 Å². The zero-order chi connectivity index (χ0) is 28.6. The van der Waals surface area contributed by atoms with Crippen molar-refractivity contribution < 1.29 is 37.3 Å². The lowest BCUT2D eigenvalue weighted by Crippen LogP contribution is -2.60. The van der Waals surface area contributed by atoms with Gasteiger partial charge < -0.3 is 14.6 Å². The van der Waals surface area contributed by atoms with Crippen molar-refractivity contribution in [2.75, 3.05) is 32.8 Å². The molecule has 1 N–H and O–H groups in total. The van der Waals surface area contributed by atoms with Gasteiger partial charge in [0, 0.05) is 43.8 Å². The average molecular weight is 558 g/mol. The lowest BCUT2D eigenvalue weighted by Gasteiger charge is -2.49. The zero-order valence-corrected chi connectivity index (χ0v) is 22.0. The Kier molecular flexibility index (Phi) is 7.86. The Labute approximate surface area is 229 Å². The van der Waals surface area contributed by atoms with Gasteiger partial charge in [-0.05, 0) is 66.6 Å². The predicted octanol–water partition coefficient (Wildman–Crippen LogP) is 3.79. The van der Waals surface area contributed by atoms with Gasteiger partial charge in [-0.3, -0.25) is 9.80 Å². The van der Waals surface area contributed by atoms with Crippen LogP contribution in [0.15, 0.2) is 30.3 Å². The predicted molar refractivity (Wildman–Crippen MR) is 137 cm³/mol. The summed E-state index contributed by atoms with van der Waals surface area (Å²) in [6.45, 7) is 7.31. The van der Waals surface area contributed by atoms with Gasteiger partial charge in [0.15, 0.2) is 0 Å². The smallest absolute Gasteiger partial charge is 0.475 e. The van der Waals surface area contributed by atoms with Gasteiger partial charge in [0.2, 0.25) is 0 Å². The van der Waals surface area contributed by atoms with E-state index in [9.17, 15) is 18.0 Å². The number of carbonyl (C=O) groups excluding carboxylic acids is 1. The Balaban J connectivity index is 0.000000411. The number of alkyl halides is 3. The molecule has 0 amide bonds. The number of fused-ring (bicyclic) bond motifs is 3. The van der Waals surface area contributed by atoms with Crippen LogP contribution in [0.3, 0.4) is 0 Å². The van der Waals surface area contributed by atoms with Crippen LogP contribution in [-0.4, -0.2) is 77.9 Å². The molecule has 8 nitrogen and oxygen atoms in total. The molecule has 212 valence electrons. The van der Waals surface area contributed by atoms with Crippen molar-refractivity contribution in [1.29, 1.82) is 5.26 Å². The molecule has 2 aromatic carbocycles. The molecule has 0 bridgehead atoms. The lowest BCUT2D eigenvalue weighted by molar-refractivity contribution is -0.192. The topological polar surface area (TPSA) is 103 Å². The summed E-state index contributed by atoms with van der Waals surface area (Å²) in [5, 5.41) is 16.3. The van der Waals surface area contributed by atoms with Crippen LogP contribution in [0.4, 0.5) is 13.2 Å². The van der Waals surface area contributed by atoms with Crippen LogP contribution >= 0.6 is 0 Å². The first-order chi connectivity index (χ1) is 19.0. The van der Waals surface area contributed by atoms with E-state index in [1.807, 2.05) is 12.1 Å². The number of carboxylic acids is 1. The minimum Gasteiger partial charge on any atom is -0.475 e. The summed E-state index contributed by atoms with van der Waals surface area (Å²) >= 11 is 0. The van der Waals surface area contributed by atoms with Crippen LogP contribution in [0.25, 0.3) is 0 Å². The van der Waals surface area contributed by atoms with Crippen LogP contribution in [-0.2, 0) is 33.7 Å². The number of hydrogen-bond donors (Lipinski definition) is 1. The molecule has 0 spiro atoms. The highest BCUT2D eigenvalue weighted by Gasteiger charge is 2.39. The second-order valence-electron chi connectivity index (χ2n) is 10.6. The van der Waals surface area contributed by atoms with Crippen LogP contribution < -0.4 is 0 Å². The molecule has 1 unspecified atom stereocenters. The number of carbonyl (C=O) groups is 2. The van der Waals surface area contributed by atoms with Crippen LogP contribution in [0, 0.1) is 18.3 Å². The molecule has 2 saturated heterocycles. The fourth-order valence-electron chi connectivity index (χ4n) is 6.16. The Bertz CT molecular complexity index is 1360. The molecule has 2 fully saturated rings. The summed E-state index contributed by atoms with van der Waals surface area (Å²) in [5.41, 5.74) is 7.58. The number of piperazine rings is 1. The van der Waals surface area contributed by atoms with Crippen LogP contribution in [0.2, 0.25) is 0 Å². The molecule has 0 saturated carbocycles. The third-order valence-electron chi connectivity index (χ3n) is 8.38. The summed E-state index contributed by atoms with van der Waals surface area (Å²) in [4.78, 5) is 26.0. The normalized spacial score (nSPS) is 24.5. The average Bonchev–Trinajstić information content (AvgIpc) is 3.33. The van der Waals surface area contributed by atoms with Crippen molar-refractivity contribution in [1.82, 2.24) is 9.80 Å². The number of nitrogens with zero attached hydrogens (tertiary/aromatic N) is 3. The van der Waals surface area contributed by atoms with Crippen LogP contribution in [0.1, 0.15) is 56.3 Å². The van der Waals surface area contributed by atoms with Gasteiger partial charge >= 0.3 is 18.1 Å². The van der Waals surface area contributed by atoms with Gasteiger partial charge in [-0.25, -0.2) is 9.59 Å². The number of carboxylic acid groups (broad SMARTS) is 1. The number of rotatable bonds is 2. The number of morpholine rings is 1. The van der Waals surface area contributed by atoms with Crippen molar-refractivity contribution in [3.8, 4) is 6.07 Å². The quantitative estimate of drug-likeness (QED) is 0.557. The summed E-state index contributed by atoms with van der Waals surface area (Å²) in [6.07, 6.45) is -1.74. The maximum atomic E-state index is 11.9. The molecule has 1 aliphatic carbocycles.